The lowest BCUT2D eigenvalue weighted by molar-refractivity contribution is 0.661. The third-order valence-electron chi connectivity index (χ3n) is 11.2. The summed E-state index contributed by atoms with van der Waals surface area (Å²) >= 11 is 0. The minimum atomic E-state index is -0.106. The van der Waals surface area contributed by atoms with Crippen LogP contribution in [0.25, 0.3) is 65.7 Å². The van der Waals surface area contributed by atoms with Gasteiger partial charge in [-0.25, -0.2) is 0 Å². The van der Waals surface area contributed by atoms with Crippen LogP contribution in [0.5, 0.6) is 0 Å². The van der Waals surface area contributed by atoms with Gasteiger partial charge in [-0.3, -0.25) is 0 Å². The number of benzene rings is 9. The van der Waals surface area contributed by atoms with Crippen molar-refractivity contribution in [3.05, 3.63) is 199 Å². The molecule has 0 saturated carbocycles. The second-order valence-electron chi connectivity index (χ2n) is 14.5. The smallest absolute Gasteiger partial charge is 0.0462 e. The van der Waals surface area contributed by atoms with Crippen LogP contribution >= 0.6 is 0 Å². The van der Waals surface area contributed by atoms with Crippen LogP contribution in [0.15, 0.2) is 188 Å². The maximum Gasteiger partial charge on any atom is 0.0462 e. The van der Waals surface area contributed by atoms with E-state index in [4.69, 9.17) is 0 Å². The van der Waals surface area contributed by atoms with E-state index in [9.17, 15) is 0 Å². The van der Waals surface area contributed by atoms with E-state index in [2.05, 4.69) is 207 Å². The Morgan fingerprint density at radius 1 is 0.327 bits per heavy atom. The van der Waals surface area contributed by atoms with Gasteiger partial charge in [-0.1, -0.05) is 159 Å². The van der Waals surface area contributed by atoms with Crippen LogP contribution in [0.1, 0.15) is 25.0 Å². The fourth-order valence-corrected chi connectivity index (χ4v) is 8.86. The number of hydrogen-bond acceptors (Lipinski definition) is 1. The molecule has 0 saturated heterocycles. The van der Waals surface area contributed by atoms with Crippen LogP contribution in [-0.4, -0.2) is 0 Å². The molecule has 0 unspecified atom stereocenters. The molecule has 0 spiro atoms. The third-order valence-corrected chi connectivity index (χ3v) is 11.2. The number of para-hydroxylation sites is 2. The van der Waals surface area contributed by atoms with Gasteiger partial charge >= 0.3 is 0 Å². The van der Waals surface area contributed by atoms with E-state index in [1.807, 2.05) is 0 Å². The summed E-state index contributed by atoms with van der Waals surface area (Å²) in [5.74, 6) is 0. The lowest BCUT2D eigenvalue weighted by atomic mass is 9.79. The molecule has 10 rings (SSSR count). The molecular formula is C51H37N. The fraction of sp³-hybridized carbons (Fsp3) is 0.0588. The summed E-state index contributed by atoms with van der Waals surface area (Å²) in [6.45, 7) is 4.77. The average molecular weight is 664 g/mol. The Morgan fingerprint density at radius 3 is 1.31 bits per heavy atom. The second-order valence-corrected chi connectivity index (χ2v) is 14.5. The first-order valence-corrected chi connectivity index (χ1v) is 18.2. The van der Waals surface area contributed by atoms with Crippen LogP contribution in [0, 0.1) is 0 Å². The summed E-state index contributed by atoms with van der Waals surface area (Å²) in [5, 5.41) is 7.69. The first kappa shape index (κ1) is 30.4. The normalized spacial score (nSPS) is 13.0. The summed E-state index contributed by atoms with van der Waals surface area (Å²) in [7, 11) is 0. The van der Waals surface area contributed by atoms with Crippen molar-refractivity contribution in [2.24, 2.45) is 0 Å². The molecule has 1 aliphatic rings. The Bertz CT molecular complexity index is 2700. The minimum absolute atomic E-state index is 0.106. The van der Waals surface area contributed by atoms with Gasteiger partial charge in [0, 0.05) is 22.5 Å². The predicted octanol–water partition coefficient (Wildman–Crippen LogP) is 14.3. The van der Waals surface area contributed by atoms with Gasteiger partial charge in [0.25, 0.3) is 0 Å². The molecule has 1 aliphatic carbocycles. The molecule has 0 heterocycles. The number of nitrogens with zero attached hydrogens (tertiary/aromatic N) is 1. The lowest BCUT2D eigenvalue weighted by Gasteiger charge is -2.26. The highest BCUT2D eigenvalue weighted by Crippen LogP contribution is 2.54. The maximum atomic E-state index is 2.52. The second kappa shape index (κ2) is 11.8. The Morgan fingerprint density at radius 2 is 0.750 bits per heavy atom. The van der Waals surface area contributed by atoms with Gasteiger partial charge in [-0.2, -0.15) is 0 Å². The minimum Gasteiger partial charge on any atom is -0.311 e. The first-order chi connectivity index (χ1) is 25.6. The molecule has 246 valence electrons. The van der Waals surface area contributed by atoms with Gasteiger partial charge in [-0.05, 0) is 119 Å². The van der Waals surface area contributed by atoms with Crippen LogP contribution in [0.3, 0.4) is 0 Å². The summed E-state index contributed by atoms with van der Waals surface area (Å²) in [6.07, 6.45) is 0. The summed E-state index contributed by atoms with van der Waals surface area (Å²) < 4.78 is 0. The van der Waals surface area contributed by atoms with Gasteiger partial charge < -0.3 is 4.90 Å². The molecule has 0 aliphatic heterocycles. The van der Waals surface area contributed by atoms with Crippen LogP contribution in [0.2, 0.25) is 0 Å². The van der Waals surface area contributed by atoms with Crippen molar-refractivity contribution in [2.45, 2.75) is 19.3 Å². The molecule has 0 aromatic heterocycles. The van der Waals surface area contributed by atoms with Gasteiger partial charge in [0.2, 0.25) is 0 Å². The van der Waals surface area contributed by atoms with Crippen molar-refractivity contribution in [3.8, 4) is 33.4 Å². The van der Waals surface area contributed by atoms with Crippen molar-refractivity contribution in [1.29, 1.82) is 0 Å². The zero-order chi connectivity index (χ0) is 34.8. The van der Waals surface area contributed by atoms with Crippen LogP contribution in [-0.2, 0) is 5.41 Å². The van der Waals surface area contributed by atoms with E-state index in [-0.39, 0.29) is 5.41 Å². The van der Waals surface area contributed by atoms with E-state index < -0.39 is 0 Å². The van der Waals surface area contributed by atoms with Gasteiger partial charge in [0.05, 0.1) is 0 Å². The summed E-state index contributed by atoms with van der Waals surface area (Å²) in [5.41, 5.74) is 13.9. The van der Waals surface area contributed by atoms with Crippen molar-refractivity contribution in [1.82, 2.24) is 0 Å². The highest BCUT2D eigenvalue weighted by molar-refractivity contribution is 6.24. The largest absolute Gasteiger partial charge is 0.311 e. The highest BCUT2D eigenvalue weighted by atomic mass is 15.1. The molecule has 52 heavy (non-hydrogen) atoms. The molecule has 0 bridgehead atoms. The maximum absolute atomic E-state index is 2.52. The molecule has 0 atom stereocenters. The monoisotopic (exact) mass is 663 g/mol. The predicted molar refractivity (Wildman–Crippen MR) is 222 cm³/mol. The van der Waals surface area contributed by atoms with Crippen molar-refractivity contribution in [2.75, 3.05) is 4.90 Å². The fourth-order valence-electron chi connectivity index (χ4n) is 8.86. The van der Waals surface area contributed by atoms with Crippen LogP contribution in [0.4, 0.5) is 17.1 Å². The quantitative estimate of drug-likeness (QED) is 0.166. The molecule has 9 aromatic carbocycles. The van der Waals surface area contributed by atoms with Gasteiger partial charge in [-0.15, -0.1) is 0 Å². The van der Waals surface area contributed by atoms with E-state index in [1.54, 1.807) is 0 Å². The molecule has 0 amide bonds. The zero-order valence-corrected chi connectivity index (χ0v) is 29.3. The molecule has 9 aromatic rings. The number of fused-ring (bicyclic) bond motifs is 7. The Balaban J connectivity index is 1.21. The van der Waals surface area contributed by atoms with E-state index >= 15 is 0 Å². The average Bonchev–Trinajstić information content (AvgIpc) is 3.44. The third kappa shape index (κ3) is 4.56. The highest BCUT2D eigenvalue weighted by Gasteiger charge is 2.37. The lowest BCUT2D eigenvalue weighted by Crippen LogP contribution is -2.15. The van der Waals surface area contributed by atoms with Gasteiger partial charge in [0.15, 0.2) is 0 Å². The zero-order valence-electron chi connectivity index (χ0n) is 29.3. The Kier molecular flexibility index (Phi) is 6.91. The van der Waals surface area contributed by atoms with E-state index in [0.717, 1.165) is 17.1 Å². The first-order valence-electron chi connectivity index (χ1n) is 18.2. The standard InChI is InChI=1S/C51H37N/c1-51(2)46-28-16-15-27-44(46)50-39-22-10-9-21-38(39)45(33-47(50)51)49-42-25-13-11-23-40(42)48(41-24-12-14-26-43(41)49)34-29-31-37(32-30-34)52(35-17-5-3-6-18-35)36-19-7-4-8-20-36/h3-33H,1-2H3. The van der Waals surface area contributed by atoms with Crippen molar-refractivity contribution in [3.63, 3.8) is 0 Å². The molecular weight excluding hydrogens is 627 g/mol. The Hall–Kier alpha value is -6.44. The van der Waals surface area contributed by atoms with Crippen LogP contribution < -0.4 is 4.90 Å². The molecule has 1 heteroatoms. The molecule has 0 N–H and O–H groups in total. The van der Waals surface area contributed by atoms with Crippen molar-refractivity contribution < 1.29 is 0 Å². The number of rotatable bonds is 5. The van der Waals surface area contributed by atoms with Gasteiger partial charge in [0.1, 0.15) is 0 Å². The topological polar surface area (TPSA) is 3.24 Å². The summed E-state index contributed by atoms with van der Waals surface area (Å²) in [6, 6.07) is 68.9. The number of anilines is 3. The van der Waals surface area contributed by atoms with Crippen molar-refractivity contribution >= 4 is 49.4 Å². The SMILES string of the molecule is CC1(C)c2ccccc2-c2c1cc(-c1c3ccccc3c(-c3ccc(N(c4ccccc4)c4ccccc4)cc3)c3ccccc13)c1ccccc21. The summed E-state index contributed by atoms with van der Waals surface area (Å²) in [4.78, 5) is 2.32. The Labute approximate surface area is 305 Å². The van der Waals surface area contributed by atoms with E-state index in [1.165, 1.54) is 76.8 Å². The van der Waals surface area contributed by atoms with E-state index in [0.29, 0.717) is 0 Å². The number of hydrogen-bond donors (Lipinski definition) is 0. The molecule has 0 radical (unpaired) electrons. The molecule has 1 nitrogen and oxygen atoms in total. The molecule has 0 fully saturated rings.